The number of hydrogen-bond donors (Lipinski definition) is 3. The van der Waals surface area contributed by atoms with E-state index >= 15 is 0 Å². The predicted molar refractivity (Wildman–Crippen MR) is 121 cm³/mol. The smallest absolute Gasteiger partial charge is 0.320 e. The zero-order valence-electron chi connectivity index (χ0n) is 16.6. The highest BCUT2D eigenvalue weighted by atomic mass is 79.9. The maximum absolute atomic E-state index is 13.7. The second-order valence-electron chi connectivity index (χ2n) is 6.93. The minimum atomic E-state index is -0.777. The minimum Gasteiger partial charge on any atom is -0.504 e. The van der Waals surface area contributed by atoms with Crippen molar-refractivity contribution >= 4 is 33.4 Å². The van der Waals surface area contributed by atoms with Gasteiger partial charge in [0.1, 0.15) is 0 Å². The van der Waals surface area contributed by atoms with Crippen molar-refractivity contribution < 1.29 is 19.4 Å². The van der Waals surface area contributed by atoms with E-state index in [4.69, 9.17) is 4.74 Å². The van der Waals surface area contributed by atoms with Gasteiger partial charge >= 0.3 is 6.03 Å². The van der Waals surface area contributed by atoms with Gasteiger partial charge in [-0.1, -0.05) is 76.6 Å². The van der Waals surface area contributed by atoms with E-state index in [1.165, 1.54) is 13.2 Å². The van der Waals surface area contributed by atoms with Gasteiger partial charge in [0.2, 0.25) is 0 Å². The summed E-state index contributed by atoms with van der Waals surface area (Å²) in [5.41, 5.74) is 2.60. The normalized spacial score (nSPS) is 15.8. The first-order valence-corrected chi connectivity index (χ1v) is 10.3. The van der Waals surface area contributed by atoms with Gasteiger partial charge in [-0.05, 0) is 23.3 Å². The third kappa shape index (κ3) is 4.04. The number of carbonyl (C=O) groups excluding carboxylic acids is 2. The number of nitrogens with one attached hydrogen (secondary N) is 2. The summed E-state index contributed by atoms with van der Waals surface area (Å²) in [6, 6.07) is 20.0. The van der Waals surface area contributed by atoms with Crippen molar-refractivity contribution in [3.05, 3.63) is 99.5 Å². The zero-order valence-corrected chi connectivity index (χ0v) is 18.1. The SMILES string of the molecule is COc1cc([C@@H]2NC(=O)NC(c3ccccc3)=C2C(=O)c2ccccc2)c(Br)cc1O. The third-order valence-corrected chi connectivity index (χ3v) is 5.71. The molecule has 0 saturated heterocycles. The average Bonchev–Trinajstić information content (AvgIpc) is 2.79. The molecule has 3 N–H and O–H groups in total. The molecule has 0 saturated carbocycles. The van der Waals surface area contributed by atoms with Gasteiger partial charge in [0.15, 0.2) is 17.3 Å². The van der Waals surface area contributed by atoms with E-state index in [2.05, 4.69) is 26.6 Å². The lowest BCUT2D eigenvalue weighted by Gasteiger charge is -2.31. The summed E-state index contributed by atoms with van der Waals surface area (Å²) in [5.74, 6) is -0.0452. The first kappa shape index (κ1) is 20.7. The highest BCUT2D eigenvalue weighted by Crippen LogP contribution is 2.40. The summed E-state index contributed by atoms with van der Waals surface area (Å²) < 4.78 is 5.78. The Bertz CT molecular complexity index is 1180. The van der Waals surface area contributed by atoms with E-state index in [-0.39, 0.29) is 17.3 Å². The van der Waals surface area contributed by atoms with Gasteiger partial charge < -0.3 is 20.5 Å². The van der Waals surface area contributed by atoms with Crippen LogP contribution < -0.4 is 15.4 Å². The molecule has 1 atom stereocenters. The van der Waals surface area contributed by atoms with Gasteiger partial charge in [0, 0.05) is 10.0 Å². The van der Waals surface area contributed by atoms with E-state index < -0.39 is 12.1 Å². The molecule has 0 unspecified atom stereocenters. The van der Waals surface area contributed by atoms with Gasteiger partial charge in [0.05, 0.1) is 24.4 Å². The Labute approximate surface area is 187 Å². The summed E-state index contributed by atoms with van der Waals surface area (Å²) in [5, 5.41) is 15.8. The third-order valence-electron chi connectivity index (χ3n) is 5.02. The summed E-state index contributed by atoms with van der Waals surface area (Å²) >= 11 is 3.45. The van der Waals surface area contributed by atoms with Crippen LogP contribution >= 0.6 is 15.9 Å². The van der Waals surface area contributed by atoms with Crippen LogP contribution in [0.25, 0.3) is 5.70 Å². The molecule has 6 nitrogen and oxygen atoms in total. The molecule has 1 heterocycles. The molecule has 0 bridgehead atoms. The largest absolute Gasteiger partial charge is 0.504 e. The number of hydrogen-bond acceptors (Lipinski definition) is 4. The Kier molecular flexibility index (Phi) is 5.77. The molecular formula is C24H19BrN2O4. The Balaban J connectivity index is 1.97. The van der Waals surface area contributed by atoms with E-state index in [0.717, 1.165) is 0 Å². The maximum atomic E-state index is 13.7. The summed E-state index contributed by atoms with van der Waals surface area (Å²) in [6.45, 7) is 0. The quantitative estimate of drug-likeness (QED) is 0.459. The number of ketones is 1. The van der Waals surface area contributed by atoms with E-state index in [9.17, 15) is 14.7 Å². The fourth-order valence-electron chi connectivity index (χ4n) is 3.56. The number of halogens is 1. The molecule has 2 amide bonds. The number of phenols is 1. The first-order valence-electron chi connectivity index (χ1n) is 9.53. The molecular weight excluding hydrogens is 460 g/mol. The van der Waals surface area contributed by atoms with Crippen molar-refractivity contribution in [1.29, 1.82) is 0 Å². The molecule has 0 spiro atoms. The molecule has 0 radical (unpaired) electrons. The Morgan fingerprint density at radius 1 is 1.03 bits per heavy atom. The molecule has 1 aliphatic rings. The van der Waals surface area contributed by atoms with Crippen molar-refractivity contribution in [2.24, 2.45) is 0 Å². The Morgan fingerprint density at radius 3 is 2.32 bits per heavy atom. The number of urea groups is 1. The lowest BCUT2D eigenvalue weighted by molar-refractivity contribution is 0.102. The van der Waals surface area contributed by atoms with Crippen molar-refractivity contribution in [2.75, 3.05) is 7.11 Å². The number of carbonyl (C=O) groups is 2. The molecule has 3 aromatic carbocycles. The fourth-order valence-corrected chi connectivity index (χ4v) is 4.12. The summed E-state index contributed by atoms with van der Waals surface area (Å²) in [6.07, 6.45) is 0. The van der Waals surface area contributed by atoms with Gasteiger partial charge in [0.25, 0.3) is 0 Å². The van der Waals surface area contributed by atoms with Crippen LogP contribution in [0.15, 0.2) is 82.8 Å². The number of Topliss-reactive ketones (excluding diaryl/α,β-unsaturated/α-hetero) is 1. The first-order chi connectivity index (χ1) is 15.0. The maximum Gasteiger partial charge on any atom is 0.320 e. The van der Waals surface area contributed by atoms with E-state index in [1.54, 1.807) is 30.3 Å². The number of aromatic hydroxyl groups is 1. The number of phenolic OH excluding ortho intramolecular Hbond substituents is 1. The molecule has 0 fully saturated rings. The van der Waals surface area contributed by atoms with E-state index in [1.807, 2.05) is 36.4 Å². The van der Waals surface area contributed by atoms with Crippen molar-refractivity contribution in [1.82, 2.24) is 10.6 Å². The van der Waals surface area contributed by atoms with Crippen LogP contribution in [0, 0.1) is 0 Å². The molecule has 4 rings (SSSR count). The number of ether oxygens (including phenoxy) is 1. The molecule has 0 aliphatic carbocycles. The minimum absolute atomic E-state index is 0.0541. The van der Waals surface area contributed by atoms with Gasteiger partial charge in [-0.3, -0.25) is 4.79 Å². The van der Waals surface area contributed by atoms with Crippen LogP contribution in [0.3, 0.4) is 0 Å². The monoisotopic (exact) mass is 478 g/mol. The molecule has 156 valence electrons. The number of methoxy groups -OCH3 is 1. The Morgan fingerprint density at radius 2 is 1.68 bits per heavy atom. The van der Waals surface area contributed by atoms with Crippen LogP contribution in [-0.4, -0.2) is 24.0 Å². The average molecular weight is 479 g/mol. The van der Waals surface area contributed by atoms with Crippen LogP contribution in [0.5, 0.6) is 11.5 Å². The Hall–Kier alpha value is -3.58. The summed E-state index contributed by atoms with van der Waals surface area (Å²) in [7, 11) is 1.44. The highest BCUT2D eigenvalue weighted by Gasteiger charge is 2.35. The van der Waals surface area contributed by atoms with Crippen LogP contribution in [0.4, 0.5) is 4.79 Å². The number of amides is 2. The second-order valence-corrected chi connectivity index (χ2v) is 7.78. The standard InChI is InChI=1S/C24H19BrN2O4/c1-31-19-12-16(17(25)13-18(19)28)22-20(23(29)15-10-6-3-7-11-15)21(26-24(30)27-22)14-8-4-2-5-9-14/h2-13,22,28H,1H3,(H2,26,27,30)/t22-/m0/s1. The predicted octanol–water partition coefficient (Wildman–Crippen LogP) is 4.81. The van der Waals surface area contributed by atoms with Crippen LogP contribution in [0.2, 0.25) is 0 Å². The van der Waals surface area contributed by atoms with Gasteiger partial charge in [-0.2, -0.15) is 0 Å². The lowest BCUT2D eigenvalue weighted by Crippen LogP contribution is -2.45. The van der Waals surface area contributed by atoms with Crippen LogP contribution in [-0.2, 0) is 0 Å². The highest BCUT2D eigenvalue weighted by molar-refractivity contribution is 9.10. The lowest BCUT2D eigenvalue weighted by atomic mass is 9.87. The molecule has 3 aromatic rings. The number of benzene rings is 3. The molecule has 7 heteroatoms. The van der Waals surface area contributed by atoms with E-state index in [0.29, 0.717) is 32.4 Å². The van der Waals surface area contributed by atoms with Gasteiger partial charge in [-0.15, -0.1) is 0 Å². The van der Waals surface area contributed by atoms with Crippen molar-refractivity contribution in [2.45, 2.75) is 6.04 Å². The van der Waals surface area contributed by atoms with Crippen LogP contribution in [0.1, 0.15) is 27.5 Å². The van der Waals surface area contributed by atoms with Gasteiger partial charge in [-0.25, -0.2) is 4.79 Å². The second kappa shape index (κ2) is 8.65. The number of rotatable bonds is 5. The fraction of sp³-hybridized carbons (Fsp3) is 0.0833. The topological polar surface area (TPSA) is 87.7 Å². The summed E-state index contributed by atoms with van der Waals surface area (Å²) in [4.78, 5) is 26.3. The zero-order chi connectivity index (χ0) is 22.0. The van der Waals surface area contributed by atoms with Crippen molar-refractivity contribution in [3.63, 3.8) is 0 Å². The molecule has 31 heavy (non-hydrogen) atoms. The molecule has 1 aliphatic heterocycles. The molecule has 0 aromatic heterocycles. The van der Waals surface area contributed by atoms with Crippen molar-refractivity contribution in [3.8, 4) is 11.5 Å².